The van der Waals surface area contributed by atoms with Gasteiger partial charge < -0.3 is 4.57 Å². The van der Waals surface area contributed by atoms with Crippen LogP contribution in [0.25, 0.3) is 66.2 Å². The molecule has 5 aromatic carbocycles. The molecule has 0 spiro atoms. The van der Waals surface area contributed by atoms with E-state index in [1.165, 1.54) is 43.7 Å². The van der Waals surface area contributed by atoms with Crippen LogP contribution in [-0.2, 0) is 0 Å². The zero-order chi connectivity index (χ0) is 26.6. The van der Waals surface area contributed by atoms with E-state index in [9.17, 15) is 5.26 Å². The van der Waals surface area contributed by atoms with Crippen molar-refractivity contribution in [3.05, 3.63) is 139 Å². The number of benzene rings is 5. The van der Waals surface area contributed by atoms with E-state index in [0.717, 1.165) is 22.5 Å². The Kier molecular flexibility index (Phi) is 4.85. The Labute approximate surface area is 230 Å². The molecule has 0 N–H and O–H groups in total. The molecule has 0 saturated carbocycles. The van der Waals surface area contributed by atoms with Gasteiger partial charge in [-0.15, -0.1) is 0 Å². The lowest BCUT2D eigenvalue weighted by atomic mass is 10.0. The topological polar surface area (TPSA) is 46.5 Å². The summed E-state index contributed by atoms with van der Waals surface area (Å²) in [6.07, 6.45) is 1.63. The Hall–Kier alpha value is -5.66. The quantitative estimate of drug-likeness (QED) is 0.238. The first-order valence-electron chi connectivity index (χ1n) is 13.3. The summed E-state index contributed by atoms with van der Waals surface area (Å²) in [5.41, 5.74) is 8.63. The molecular formula is C36H22N4. The second-order valence-electron chi connectivity index (χ2n) is 10.0. The van der Waals surface area contributed by atoms with Crippen LogP contribution in [0.1, 0.15) is 5.56 Å². The zero-order valence-corrected chi connectivity index (χ0v) is 21.5. The average Bonchev–Trinajstić information content (AvgIpc) is 3.54. The molecule has 0 fully saturated rings. The minimum absolute atomic E-state index is 0.552. The monoisotopic (exact) mass is 510 g/mol. The molecule has 0 aliphatic carbocycles. The van der Waals surface area contributed by atoms with E-state index < -0.39 is 0 Å². The van der Waals surface area contributed by atoms with Crippen molar-refractivity contribution in [3.8, 4) is 28.7 Å². The Balaban J connectivity index is 1.34. The van der Waals surface area contributed by atoms with E-state index in [1.807, 2.05) is 12.1 Å². The van der Waals surface area contributed by atoms with Gasteiger partial charge in [-0.2, -0.15) is 5.26 Å². The smallest absolute Gasteiger partial charge is 0.137 e. The van der Waals surface area contributed by atoms with Gasteiger partial charge in [-0.25, -0.2) is 4.98 Å². The summed E-state index contributed by atoms with van der Waals surface area (Å²) in [6, 6.07) is 46.9. The molecule has 8 aromatic rings. The highest BCUT2D eigenvalue weighted by Crippen LogP contribution is 2.37. The van der Waals surface area contributed by atoms with E-state index in [4.69, 9.17) is 0 Å². The molecule has 0 atom stereocenters. The minimum atomic E-state index is 0.552. The Morgan fingerprint density at radius 2 is 1.05 bits per heavy atom. The van der Waals surface area contributed by atoms with Crippen molar-refractivity contribution in [3.63, 3.8) is 0 Å². The van der Waals surface area contributed by atoms with Gasteiger partial charge in [0.25, 0.3) is 0 Å². The van der Waals surface area contributed by atoms with Crippen molar-refractivity contribution in [1.29, 1.82) is 5.26 Å². The molecule has 4 heteroatoms. The molecule has 186 valence electrons. The summed E-state index contributed by atoms with van der Waals surface area (Å²) in [6.45, 7) is 0. The third-order valence-electron chi connectivity index (χ3n) is 7.80. The first kappa shape index (κ1) is 22.3. The first-order chi connectivity index (χ1) is 19.8. The normalized spacial score (nSPS) is 11.5. The standard InChI is InChI=1S/C36H22N4/c37-22-24-14-19-36(38-23-24)40-33-13-7-5-11-29(33)31-21-26(16-18-35(31)40)25-15-17-34-30(20-25)28-10-4-6-12-32(28)39(34)27-8-2-1-3-9-27/h1-21,23H. The molecule has 4 nitrogen and oxygen atoms in total. The van der Waals surface area contributed by atoms with Gasteiger partial charge in [0.1, 0.15) is 11.9 Å². The van der Waals surface area contributed by atoms with Gasteiger partial charge >= 0.3 is 0 Å². The summed E-state index contributed by atoms with van der Waals surface area (Å²) < 4.78 is 4.52. The van der Waals surface area contributed by atoms with Crippen LogP contribution >= 0.6 is 0 Å². The zero-order valence-electron chi connectivity index (χ0n) is 21.5. The highest BCUT2D eigenvalue weighted by Gasteiger charge is 2.16. The molecule has 40 heavy (non-hydrogen) atoms. The lowest BCUT2D eigenvalue weighted by Crippen LogP contribution is -1.97. The minimum Gasteiger partial charge on any atom is -0.309 e. The van der Waals surface area contributed by atoms with Crippen LogP contribution in [0.3, 0.4) is 0 Å². The molecule has 0 unspecified atom stereocenters. The van der Waals surface area contributed by atoms with E-state index in [-0.39, 0.29) is 0 Å². The van der Waals surface area contributed by atoms with Gasteiger partial charge in [-0.3, -0.25) is 4.57 Å². The third kappa shape index (κ3) is 3.28. The van der Waals surface area contributed by atoms with Crippen LogP contribution in [0.15, 0.2) is 134 Å². The van der Waals surface area contributed by atoms with E-state index in [1.54, 1.807) is 6.20 Å². The van der Waals surface area contributed by atoms with Crippen LogP contribution < -0.4 is 0 Å². The molecule has 3 aromatic heterocycles. The van der Waals surface area contributed by atoms with Crippen molar-refractivity contribution in [2.75, 3.05) is 0 Å². The number of fused-ring (bicyclic) bond motifs is 6. The Morgan fingerprint density at radius 1 is 0.500 bits per heavy atom. The molecule has 0 radical (unpaired) electrons. The third-order valence-corrected chi connectivity index (χ3v) is 7.80. The lowest BCUT2D eigenvalue weighted by Gasteiger charge is -2.09. The van der Waals surface area contributed by atoms with Gasteiger partial charge in [-0.1, -0.05) is 66.7 Å². The predicted octanol–water partition coefficient (Wildman–Crippen LogP) is 8.81. The molecule has 8 rings (SSSR count). The molecule has 3 heterocycles. The van der Waals surface area contributed by atoms with Crippen LogP contribution in [0, 0.1) is 11.3 Å². The fraction of sp³-hybridized carbons (Fsp3) is 0. The number of hydrogen-bond donors (Lipinski definition) is 0. The summed E-state index contributed by atoms with van der Waals surface area (Å²) in [5.74, 6) is 0.799. The van der Waals surface area contributed by atoms with Crippen molar-refractivity contribution in [2.45, 2.75) is 0 Å². The predicted molar refractivity (Wildman–Crippen MR) is 163 cm³/mol. The second kappa shape index (κ2) is 8.69. The summed E-state index contributed by atoms with van der Waals surface area (Å²) in [5, 5.41) is 14.1. The number of pyridine rings is 1. The molecule has 0 bridgehead atoms. The summed E-state index contributed by atoms with van der Waals surface area (Å²) in [4.78, 5) is 4.60. The molecule has 0 saturated heterocycles. The molecule has 0 amide bonds. The molecule has 0 aliphatic heterocycles. The average molecular weight is 511 g/mol. The fourth-order valence-corrected chi connectivity index (χ4v) is 5.99. The van der Waals surface area contributed by atoms with Crippen molar-refractivity contribution < 1.29 is 0 Å². The maximum Gasteiger partial charge on any atom is 0.137 e. The fourth-order valence-electron chi connectivity index (χ4n) is 5.99. The van der Waals surface area contributed by atoms with Crippen LogP contribution in [0.2, 0.25) is 0 Å². The number of hydrogen-bond acceptors (Lipinski definition) is 2. The molecule has 0 aliphatic rings. The highest BCUT2D eigenvalue weighted by molar-refractivity contribution is 6.12. The summed E-state index contributed by atoms with van der Waals surface area (Å²) >= 11 is 0. The van der Waals surface area contributed by atoms with Gasteiger partial charge in [0.2, 0.25) is 0 Å². The Morgan fingerprint density at radius 3 is 1.65 bits per heavy atom. The van der Waals surface area contributed by atoms with Gasteiger partial charge in [0, 0.05) is 33.4 Å². The largest absolute Gasteiger partial charge is 0.309 e. The van der Waals surface area contributed by atoms with Crippen molar-refractivity contribution in [1.82, 2.24) is 14.1 Å². The van der Waals surface area contributed by atoms with Crippen LogP contribution in [-0.4, -0.2) is 14.1 Å². The van der Waals surface area contributed by atoms with Crippen molar-refractivity contribution >= 4 is 43.6 Å². The van der Waals surface area contributed by atoms with Gasteiger partial charge in [0.05, 0.1) is 27.6 Å². The SMILES string of the molecule is N#Cc1ccc(-n2c3ccccc3c3cc(-c4ccc5c(c4)c4ccccc4n5-c4ccccc4)ccc32)nc1. The maximum absolute atomic E-state index is 9.23. The highest BCUT2D eigenvalue weighted by atomic mass is 15.1. The number of aromatic nitrogens is 3. The number of rotatable bonds is 3. The van der Waals surface area contributed by atoms with Gasteiger partial charge in [0.15, 0.2) is 0 Å². The first-order valence-corrected chi connectivity index (χ1v) is 13.3. The van der Waals surface area contributed by atoms with Crippen molar-refractivity contribution in [2.24, 2.45) is 0 Å². The summed E-state index contributed by atoms with van der Waals surface area (Å²) in [7, 11) is 0. The van der Waals surface area contributed by atoms with E-state index in [0.29, 0.717) is 5.56 Å². The Bertz CT molecular complexity index is 2260. The van der Waals surface area contributed by atoms with E-state index >= 15 is 0 Å². The van der Waals surface area contributed by atoms with Gasteiger partial charge in [-0.05, 0) is 71.8 Å². The second-order valence-corrected chi connectivity index (χ2v) is 10.0. The van der Waals surface area contributed by atoms with Crippen LogP contribution in [0.5, 0.6) is 0 Å². The number of nitriles is 1. The lowest BCUT2D eigenvalue weighted by molar-refractivity contribution is 1.08. The van der Waals surface area contributed by atoms with Crippen LogP contribution in [0.4, 0.5) is 0 Å². The maximum atomic E-state index is 9.23. The van der Waals surface area contributed by atoms with E-state index in [2.05, 4.69) is 135 Å². The molecular weight excluding hydrogens is 488 g/mol. The number of nitrogens with zero attached hydrogens (tertiary/aromatic N) is 4. The number of para-hydroxylation sites is 3.